The fourth-order valence-corrected chi connectivity index (χ4v) is 4.07. The molecule has 0 aromatic carbocycles. The number of nitrogens with zero attached hydrogens (tertiary/aromatic N) is 5. The highest BCUT2D eigenvalue weighted by atomic mass is 16.2. The molecule has 3 rings (SSSR count). The van der Waals surface area contributed by atoms with Crippen LogP contribution in [0.3, 0.4) is 0 Å². The van der Waals surface area contributed by atoms with Crippen molar-refractivity contribution in [2.75, 3.05) is 47.3 Å². The maximum Gasteiger partial charge on any atom is 0.239 e. The lowest BCUT2D eigenvalue weighted by Gasteiger charge is -2.34. The summed E-state index contributed by atoms with van der Waals surface area (Å²) in [5.74, 6) is 1.88. The molecule has 25 heavy (non-hydrogen) atoms. The van der Waals surface area contributed by atoms with Gasteiger partial charge in [-0.15, -0.1) is 0 Å². The van der Waals surface area contributed by atoms with E-state index in [9.17, 15) is 4.79 Å². The van der Waals surface area contributed by atoms with E-state index in [2.05, 4.69) is 39.6 Å². The molecule has 0 radical (unpaired) electrons. The number of carbonyl (C=O) groups is 1. The SMILES string of the molecule is CN(C)CCn1ccnc1C1CCN(C(=O)[C@@H]2C[C@H](N)CN2C)CC1. The Balaban J connectivity index is 1.55. The van der Waals surface area contributed by atoms with Gasteiger partial charge in [0.05, 0.1) is 6.04 Å². The maximum absolute atomic E-state index is 12.8. The van der Waals surface area contributed by atoms with Gasteiger partial charge in [0.15, 0.2) is 0 Å². The first-order valence-corrected chi connectivity index (χ1v) is 9.36. The number of aromatic nitrogens is 2. The van der Waals surface area contributed by atoms with Crippen molar-refractivity contribution in [2.45, 2.75) is 43.8 Å². The molecule has 2 aliphatic heterocycles. The first kappa shape index (κ1) is 18.4. The molecule has 2 fully saturated rings. The van der Waals surface area contributed by atoms with Crippen LogP contribution in [0.25, 0.3) is 0 Å². The second-order valence-electron chi connectivity index (χ2n) is 7.83. The zero-order valence-electron chi connectivity index (χ0n) is 15.8. The first-order chi connectivity index (χ1) is 12.0. The number of piperidine rings is 1. The van der Waals surface area contributed by atoms with E-state index < -0.39 is 0 Å². The fraction of sp³-hybridized carbons (Fsp3) is 0.778. The van der Waals surface area contributed by atoms with Crippen molar-refractivity contribution < 1.29 is 4.79 Å². The van der Waals surface area contributed by atoms with Crippen molar-refractivity contribution in [3.05, 3.63) is 18.2 Å². The number of hydrogen-bond acceptors (Lipinski definition) is 5. The lowest BCUT2D eigenvalue weighted by Crippen LogP contribution is -2.47. The van der Waals surface area contributed by atoms with Gasteiger partial charge in [-0.2, -0.15) is 0 Å². The van der Waals surface area contributed by atoms with Gasteiger partial charge in [0.1, 0.15) is 5.82 Å². The van der Waals surface area contributed by atoms with E-state index in [0.717, 1.165) is 52.0 Å². The van der Waals surface area contributed by atoms with E-state index in [0.29, 0.717) is 5.92 Å². The number of carbonyl (C=O) groups excluding carboxylic acids is 1. The number of imidazole rings is 1. The maximum atomic E-state index is 12.8. The summed E-state index contributed by atoms with van der Waals surface area (Å²) in [6.45, 7) is 4.44. The van der Waals surface area contributed by atoms with Crippen molar-refractivity contribution in [3.8, 4) is 0 Å². The van der Waals surface area contributed by atoms with Crippen LogP contribution in [0.1, 0.15) is 31.0 Å². The van der Waals surface area contributed by atoms with E-state index in [-0.39, 0.29) is 18.0 Å². The summed E-state index contributed by atoms with van der Waals surface area (Å²) in [7, 11) is 6.18. The summed E-state index contributed by atoms with van der Waals surface area (Å²) in [5, 5.41) is 0. The van der Waals surface area contributed by atoms with Gasteiger partial charge < -0.3 is 20.1 Å². The molecule has 1 aromatic rings. The highest BCUT2D eigenvalue weighted by molar-refractivity contribution is 5.82. The highest BCUT2D eigenvalue weighted by Crippen LogP contribution is 2.28. The Morgan fingerprint density at radius 2 is 2.08 bits per heavy atom. The number of amides is 1. The second-order valence-corrected chi connectivity index (χ2v) is 7.83. The average Bonchev–Trinajstić information content (AvgIpc) is 3.18. The second kappa shape index (κ2) is 7.85. The largest absolute Gasteiger partial charge is 0.341 e. The number of likely N-dealkylation sites (tertiary alicyclic amines) is 2. The van der Waals surface area contributed by atoms with Crippen molar-refractivity contribution in [1.82, 2.24) is 24.3 Å². The third kappa shape index (κ3) is 4.22. The minimum atomic E-state index is -0.0337. The molecule has 7 nitrogen and oxygen atoms in total. The number of hydrogen-bond donors (Lipinski definition) is 1. The zero-order valence-corrected chi connectivity index (χ0v) is 15.8. The Kier molecular flexibility index (Phi) is 5.76. The van der Waals surface area contributed by atoms with Crippen LogP contribution in [-0.4, -0.2) is 89.6 Å². The van der Waals surface area contributed by atoms with Crippen LogP contribution in [-0.2, 0) is 11.3 Å². The molecule has 2 atom stereocenters. The van der Waals surface area contributed by atoms with Crippen LogP contribution >= 0.6 is 0 Å². The fourth-order valence-electron chi connectivity index (χ4n) is 4.07. The Hall–Kier alpha value is -1.44. The molecule has 0 unspecified atom stereocenters. The molecule has 2 N–H and O–H groups in total. The summed E-state index contributed by atoms with van der Waals surface area (Å²) in [6, 6.07) is 0.0919. The van der Waals surface area contributed by atoms with Gasteiger partial charge in [0.2, 0.25) is 5.91 Å². The zero-order chi connectivity index (χ0) is 18.0. The topological polar surface area (TPSA) is 70.6 Å². The molecule has 0 spiro atoms. The monoisotopic (exact) mass is 348 g/mol. The molecule has 2 saturated heterocycles. The van der Waals surface area contributed by atoms with Crippen molar-refractivity contribution >= 4 is 5.91 Å². The minimum Gasteiger partial charge on any atom is -0.341 e. The number of likely N-dealkylation sites (N-methyl/N-ethyl adjacent to an activating group) is 2. The van der Waals surface area contributed by atoms with Gasteiger partial charge in [0.25, 0.3) is 0 Å². The summed E-state index contributed by atoms with van der Waals surface area (Å²) in [5.41, 5.74) is 6.01. The molecule has 2 aliphatic rings. The molecule has 3 heterocycles. The van der Waals surface area contributed by atoms with E-state index in [1.54, 1.807) is 0 Å². The smallest absolute Gasteiger partial charge is 0.239 e. The Morgan fingerprint density at radius 3 is 2.68 bits per heavy atom. The molecule has 0 aliphatic carbocycles. The standard InChI is InChI=1S/C18H32N6O/c1-21(2)10-11-23-9-6-20-17(23)14-4-7-24(8-5-14)18(25)16-12-15(19)13-22(16)3/h6,9,14-16H,4-5,7-8,10-13,19H2,1-3H3/t15-,16-/m0/s1. The number of nitrogens with two attached hydrogens (primary N) is 1. The van der Waals surface area contributed by atoms with Gasteiger partial charge in [0, 0.05) is 57.1 Å². The van der Waals surface area contributed by atoms with E-state index in [1.807, 2.05) is 18.1 Å². The van der Waals surface area contributed by atoms with Crippen LogP contribution in [0.15, 0.2) is 12.4 Å². The van der Waals surface area contributed by atoms with E-state index in [1.165, 1.54) is 5.82 Å². The Morgan fingerprint density at radius 1 is 1.36 bits per heavy atom. The third-order valence-corrected chi connectivity index (χ3v) is 5.57. The lowest BCUT2D eigenvalue weighted by atomic mass is 9.95. The summed E-state index contributed by atoms with van der Waals surface area (Å²) >= 11 is 0. The molecule has 140 valence electrons. The van der Waals surface area contributed by atoms with Crippen LogP contribution in [0.5, 0.6) is 0 Å². The molecule has 1 aromatic heterocycles. The quantitative estimate of drug-likeness (QED) is 0.822. The van der Waals surface area contributed by atoms with Gasteiger partial charge in [-0.3, -0.25) is 9.69 Å². The van der Waals surface area contributed by atoms with Gasteiger partial charge in [-0.1, -0.05) is 0 Å². The van der Waals surface area contributed by atoms with Crippen molar-refractivity contribution in [2.24, 2.45) is 5.73 Å². The molecular weight excluding hydrogens is 316 g/mol. The van der Waals surface area contributed by atoms with E-state index in [4.69, 9.17) is 5.73 Å². The number of rotatable bonds is 5. The highest BCUT2D eigenvalue weighted by Gasteiger charge is 2.36. The van der Waals surface area contributed by atoms with Crippen LogP contribution in [0.4, 0.5) is 0 Å². The normalized spacial score (nSPS) is 25.9. The Labute approximate surface area is 150 Å². The lowest BCUT2D eigenvalue weighted by molar-refractivity contribution is -0.136. The molecule has 0 bridgehead atoms. The molecule has 1 amide bonds. The van der Waals surface area contributed by atoms with E-state index >= 15 is 0 Å². The van der Waals surface area contributed by atoms with Crippen LogP contribution < -0.4 is 5.73 Å². The third-order valence-electron chi connectivity index (χ3n) is 5.57. The minimum absolute atomic E-state index is 0.0337. The predicted molar refractivity (Wildman–Crippen MR) is 98.3 cm³/mol. The summed E-state index contributed by atoms with van der Waals surface area (Å²) < 4.78 is 2.27. The summed E-state index contributed by atoms with van der Waals surface area (Å²) in [4.78, 5) is 23.7. The molecular formula is C18H32N6O. The molecule has 0 saturated carbocycles. The summed E-state index contributed by atoms with van der Waals surface area (Å²) in [6.07, 6.45) is 6.74. The predicted octanol–water partition coefficient (Wildman–Crippen LogP) is 0.182. The van der Waals surface area contributed by atoms with Crippen molar-refractivity contribution in [1.29, 1.82) is 0 Å². The van der Waals surface area contributed by atoms with Crippen LogP contribution in [0, 0.1) is 0 Å². The average molecular weight is 348 g/mol. The van der Waals surface area contributed by atoms with Gasteiger partial charge >= 0.3 is 0 Å². The van der Waals surface area contributed by atoms with Gasteiger partial charge in [-0.25, -0.2) is 4.98 Å². The van der Waals surface area contributed by atoms with Crippen LogP contribution in [0.2, 0.25) is 0 Å². The first-order valence-electron chi connectivity index (χ1n) is 9.36. The molecule has 7 heteroatoms. The van der Waals surface area contributed by atoms with Crippen molar-refractivity contribution in [3.63, 3.8) is 0 Å². The van der Waals surface area contributed by atoms with Gasteiger partial charge in [-0.05, 0) is 40.4 Å². The Bertz CT molecular complexity index is 578.